The Hall–Kier alpha value is -1.09. The average molecular weight is 287 g/mol. The summed E-state index contributed by atoms with van der Waals surface area (Å²) in [4.78, 5) is 6.90. The number of nitrogens with zero attached hydrogens (tertiary/aromatic N) is 2. The molecule has 1 saturated heterocycles. The van der Waals surface area contributed by atoms with Gasteiger partial charge in [0.15, 0.2) is 0 Å². The van der Waals surface area contributed by atoms with Crippen LogP contribution in [-0.2, 0) is 0 Å². The van der Waals surface area contributed by atoms with Gasteiger partial charge in [0.1, 0.15) is 5.82 Å². The van der Waals surface area contributed by atoms with Crippen LogP contribution in [0.4, 0.5) is 5.82 Å². The van der Waals surface area contributed by atoms with Gasteiger partial charge in [-0.2, -0.15) is 0 Å². The number of hydrogen-bond acceptors (Lipinski definition) is 3. The lowest BCUT2D eigenvalue weighted by Crippen LogP contribution is -2.49. The Kier molecular flexibility index (Phi) is 5.13. The maximum atomic E-state index is 4.47. The van der Waals surface area contributed by atoms with Crippen LogP contribution in [0.25, 0.3) is 0 Å². The molecule has 0 spiro atoms. The molecule has 1 aromatic rings. The standard InChI is InChI=1S/C18H29N3/c1-2-15-7-3-4-8-17(15)20-16-10-13-21(14-11-16)18-9-5-6-12-19-18/h5-6,9,12,15-17,20H,2-4,7-8,10-11,13-14H2,1H3. The Labute approximate surface area is 129 Å². The summed E-state index contributed by atoms with van der Waals surface area (Å²) in [5.41, 5.74) is 0. The highest BCUT2D eigenvalue weighted by atomic mass is 15.2. The van der Waals surface area contributed by atoms with Gasteiger partial charge >= 0.3 is 0 Å². The van der Waals surface area contributed by atoms with E-state index in [1.807, 2.05) is 12.3 Å². The van der Waals surface area contributed by atoms with Crippen LogP contribution in [-0.4, -0.2) is 30.2 Å². The Bertz CT molecular complexity index is 412. The van der Waals surface area contributed by atoms with Crippen LogP contribution in [0.1, 0.15) is 51.9 Å². The first kappa shape index (κ1) is 14.8. The van der Waals surface area contributed by atoms with Crippen molar-refractivity contribution < 1.29 is 0 Å². The minimum absolute atomic E-state index is 0.710. The molecule has 1 aliphatic carbocycles. The topological polar surface area (TPSA) is 28.2 Å². The maximum Gasteiger partial charge on any atom is 0.128 e. The van der Waals surface area contributed by atoms with Gasteiger partial charge in [0, 0.05) is 31.4 Å². The predicted octanol–water partition coefficient (Wildman–Crippen LogP) is 3.61. The van der Waals surface area contributed by atoms with Crippen molar-refractivity contribution in [2.45, 2.75) is 64.0 Å². The molecular weight excluding hydrogens is 258 g/mol. The molecule has 2 atom stereocenters. The fraction of sp³-hybridized carbons (Fsp3) is 0.722. The molecule has 3 heteroatoms. The molecule has 0 amide bonds. The van der Waals surface area contributed by atoms with E-state index < -0.39 is 0 Å². The summed E-state index contributed by atoms with van der Waals surface area (Å²) in [6.07, 6.45) is 11.4. The molecule has 2 unspecified atom stereocenters. The van der Waals surface area contributed by atoms with Gasteiger partial charge in [0.05, 0.1) is 0 Å². The van der Waals surface area contributed by atoms with E-state index in [-0.39, 0.29) is 0 Å². The van der Waals surface area contributed by atoms with E-state index in [0.717, 1.165) is 30.9 Å². The van der Waals surface area contributed by atoms with E-state index >= 15 is 0 Å². The Morgan fingerprint density at radius 2 is 1.95 bits per heavy atom. The number of aromatic nitrogens is 1. The van der Waals surface area contributed by atoms with Crippen molar-refractivity contribution in [3.8, 4) is 0 Å². The Morgan fingerprint density at radius 1 is 1.14 bits per heavy atom. The smallest absolute Gasteiger partial charge is 0.128 e. The second-order valence-corrected chi connectivity index (χ2v) is 6.68. The largest absolute Gasteiger partial charge is 0.357 e. The van der Waals surface area contributed by atoms with Crippen molar-refractivity contribution >= 4 is 5.82 Å². The van der Waals surface area contributed by atoms with Crippen LogP contribution < -0.4 is 10.2 Å². The first-order valence-corrected chi connectivity index (χ1v) is 8.79. The first-order valence-electron chi connectivity index (χ1n) is 8.79. The number of pyridine rings is 1. The molecule has 1 aromatic heterocycles. The molecule has 1 N–H and O–H groups in total. The van der Waals surface area contributed by atoms with E-state index in [1.165, 1.54) is 44.9 Å². The van der Waals surface area contributed by atoms with Gasteiger partial charge in [-0.3, -0.25) is 0 Å². The van der Waals surface area contributed by atoms with Gasteiger partial charge in [0.25, 0.3) is 0 Å². The van der Waals surface area contributed by atoms with Crippen molar-refractivity contribution in [3.63, 3.8) is 0 Å². The molecular formula is C18H29N3. The van der Waals surface area contributed by atoms with Gasteiger partial charge in [0.2, 0.25) is 0 Å². The summed E-state index contributed by atoms with van der Waals surface area (Å²) in [6.45, 7) is 4.63. The van der Waals surface area contributed by atoms with Crippen molar-refractivity contribution in [1.29, 1.82) is 0 Å². The molecule has 21 heavy (non-hydrogen) atoms. The van der Waals surface area contributed by atoms with E-state index in [2.05, 4.69) is 34.3 Å². The van der Waals surface area contributed by atoms with Gasteiger partial charge in [-0.25, -0.2) is 4.98 Å². The fourth-order valence-corrected chi connectivity index (χ4v) is 4.03. The third-order valence-electron chi connectivity index (χ3n) is 5.35. The molecule has 2 fully saturated rings. The summed E-state index contributed by atoms with van der Waals surface area (Å²) in [5, 5.41) is 3.98. The van der Waals surface area contributed by atoms with Gasteiger partial charge < -0.3 is 10.2 Å². The second-order valence-electron chi connectivity index (χ2n) is 6.68. The van der Waals surface area contributed by atoms with Crippen molar-refractivity contribution in [3.05, 3.63) is 24.4 Å². The lowest BCUT2D eigenvalue weighted by atomic mass is 9.82. The monoisotopic (exact) mass is 287 g/mol. The van der Waals surface area contributed by atoms with E-state index in [4.69, 9.17) is 0 Å². The van der Waals surface area contributed by atoms with Crippen molar-refractivity contribution in [1.82, 2.24) is 10.3 Å². The van der Waals surface area contributed by atoms with E-state index in [1.54, 1.807) is 0 Å². The highest BCUT2D eigenvalue weighted by Gasteiger charge is 2.27. The second kappa shape index (κ2) is 7.26. The first-order chi connectivity index (χ1) is 10.4. The Morgan fingerprint density at radius 3 is 2.67 bits per heavy atom. The fourth-order valence-electron chi connectivity index (χ4n) is 4.03. The van der Waals surface area contributed by atoms with Crippen LogP contribution in [0.5, 0.6) is 0 Å². The minimum Gasteiger partial charge on any atom is -0.357 e. The van der Waals surface area contributed by atoms with Crippen LogP contribution in [0, 0.1) is 5.92 Å². The van der Waals surface area contributed by atoms with E-state index in [0.29, 0.717) is 6.04 Å². The lowest BCUT2D eigenvalue weighted by molar-refractivity contribution is 0.224. The molecule has 2 aliphatic rings. The molecule has 3 rings (SSSR count). The SMILES string of the molecule is CCC1CCCCC1NC1CCN(c2ccccn2)CC1. The molecule has 2 heterocycles. The summed E-state index contributed by atoms with van der Waals surface area (Å²) >= 11 is 0. The normalized spacial score (nSPS) is 27.8. The molecule has 3 nitrogen and oxygen atoms in total. The van der Waals surface area contributed by atoms with Gasteiger partial charge in [-0.1, -0.05) is 32.3 Å². The minimum atomic E-state index is 0.710. The number of rotatable bonds is 4. The summed E-state index contributed by atoms with van der Waals surface area (Å²) in [5.74, 6) is 2.05. The van der Waals surface area contributed by atoms with Crippen molar-refractivity contribution in [2.75, 3.05) is 18.0 Å². The van der Waals surface area contributed by atoms with Gasteiger partial charge in [-0.15, -0.1) is 0 Å². The van der Waals surface area contributed by atoms with Crippen LogP contribution in [0.3, 0.4) is 0 Å². The number of nitrogens with one attached hydrogen (secondary N) is 1. The summed E-state index contributed by atoms with van der Waals surface area (Å²) in [7, 11) is 0. The molecule has 1 aliphatic heterocycles. The van der Waals surface area contributed by atoms with Crippen LogP contribution >= 0.6 is 0 Å². The van der Waals surface area contributed by atoms with Crippen LogP contribution in [0.2, 0.25) is 0 Å². The molecule has 0 bridgehead atoms. The zero-order chi connectivity index (χ0) is 14.5. The van der Waals surface area contributed by atoms with Gasteiger partial charge in [-0.05, 0) is 43.7 Å². The quantitative estimate of drug-likeness (QED) is 0.917. The molecule has 0 aromatic carbocycles. The third-order valence-corrected chi connectivity index (χ3v) is 5.35. The lowest BCUT2D eigenvalue weighted by Gasteiger charge is -2.39. The van der Waals surface area contributed by atoms with Crippen molar-refractivity contribution in [2.24, 2.45) is 5.92 Å². The summed E-state index contributed by atoms with van der Waals surface area (Å²) in [6, 6.07) is 7.69. The predicted molar refractivity (Wildman–Crippen MR) is 88.6 cm³/mol. The number of anilines is 1. The molecule has 1 saturated carbocycles. The zero-order valence-electron chi connectivity index (χ0n) is 13.3. The highest BCUT2D eigenvalue weighted by molar-refractivity contribution is 5.38. The molecule has 0 radical (unpaired) electrons. The Balaban J connectivity index is 1.49. The maximum absolute atomic E-state index is 4.47. The number of hydrogen-bond donors (Lipinski definition) is 1. The molecule has 116 valence electrons. The highest BCUT2D eigenvalue weighted by Crippen LogP contribution is 2.28. The van der Waals surface area contributed by atoms with Crippen LogP contribution in [0.15, 0.2) is 24.4 Å². The van der Waals surface area contributed by atoms with E-state index in [9.17, 15) is 0 Å². The zero-order valence-corrected chi connectivity index (χ0v) is 13.3. The summed E-state index contributed by atoms with van der Waals surface area (Å²) < 4.78 is 0. The third kappa shape index (κ3) is 3.76. The average Bonchev–Trinajstić information content (AvgIpc) is 2.57. The number of piperidine rings is 1.